The minimum Gasteiger partial charge on any atom is -0.447 e. The molecular formula is C21H24N4O7S. The Morgan fingerprint density at radius 3 is 2.52 bits per heavy atom. The van der Waals surface area contributed by atoms with E-state index in [0.717, 1.165) is 4.31 Å². The fraction of sp³-hybridized carbons (Fsp3) is 0.286. The molecule has 0 atom stereocenters. The van der Waals surface area contributed by atoms with Crippen LogP contribution in [-0.2, 0) is 24.3 Å². The molecule has 1 aliphatic heterocycles. The Bertz CT molecular complexity index is 1140. The zero-order valence-corrected chi connectivity index (χ0v) is 18.7. The molecule has 1 heterocycles. The first kappa shape index (κ1) is 24.2. The summed E-state index contributed by atoms with van der Waals surface area (Å²) in [5, 5.41) is 7.78. The van der Waals surface area contributed by atoms with Crippen LogP contribution < -0.4 is 16.0 Å². The number of piperazine rings is 1. The molecule has 3 rings (SSSR count). The number of sulfonamides is 1. The summed E-state index contributed by atoms with van der Waals surface area (Å²) in [6, 6.07) is 12.0. The van der Waals surface area contributed by atoms with E-state index < -0.39 is 22.0 Å². The van der Waals surface area contributed by atoms with E-state index in [9.17, 15) is 22.8 Å². The summed E-state index contributed by atoms with van der Waals surface area (Å²) < 4.78 is 36.5. The molecule has 3 amide bonds. The minimum atomic E-state index is -3.93. The first-order valence-electron chi connectivity index (χ1n) is 10.0. The molecule has 2 aromatic carbocycles. The lowest BCUT2D eigenvalue weighted by molar-refractivity contribution is -0.122. The van der Waals surface area contributed by atoms with E-state index in [0.29, 0.717) is 11.4 Å². The van der Waals surface area contributed by atoms with E-state index in [-0.39, 0.29) is 49.2 Å². The van der Waals surface area contributed by atoms with Gasteiger partial charge in [0.1, 0.15) is 6.61 Å². The van der Waals surface area contributed by atoms with Crippen molar-refractivity contribution in [3.63, 3.8) is 0 Å². The number of anilines is 2. The van der Waals surface area contributed by atoms with E-state index in [2.05, 4.69) is 16.0 Å². The van der Waals surface area contributed by atoms with Crippen molar-refractivity contribution in [1.29, 1.82) is 0 Å². The maximum absolute atomic E-state index is 12.9. The highest BCUT2D eigenvalue weighted by Gasteiger charge is 2.29. The Labute approximate surface area is 191 Å². The number of hydrogen-bond donors (Lipinski definition) is 3. The van der Waals surface area contributed by atoms with Crippen LogP contribution >= 0.6 is 0 Å². The summed E-state index contributed by atoms with van der Waals surface area (Å²) >= 11 is 0. The van der Waals surface area contributed by atoms with Gasteiger partial charge in [0, 0.05) is 37.1 Å². The zero-order valence-electron chi connectivity index (χ0n) is 17.9. The van der Waals surface area contributed by atoms with E-state index in [1.165, 1.54) is 37.4 Å². The first-order valence-corrected chi connectivity index (χ1v) is 11.4. The third kappa shape index (κ3) is 6.51. The van der Waals surface area contributed by atoms with Gasteiger partial charge in [0.05, 0.1) is 18.0 Å². The lowest BCUT2D eigenvalue weighted by Gasteiger charge is -2.26. The molecule has 12 heteroatoms. The zero-order chi connectivity index (χ0) is 23.8. The van der Waals surface area contributed by atoms with Crippen molar-refractivity contribution in [3.05, 3.63) is 54.1 Å². The van der Waals surface area contributed by atoms with Crippen molar-refractivity contribution in [1.82, 2.24) is 9.62 Å². The van der Waals surface area contributed by atoms with Crippen LogP contribution in [0.15, 0.2) is 53.4 Å². The predicted octanol–water partition coefficient (Wildman–Crippen LogP) is 1.25. The topological polar surface area (TPSA) is 143 Å². The number of nitrogens with zero attached hydrogens (tertiary/aromatic N) is 1. The van der Waals surface area contributed by atoms with Gasteiger partial charge in [-0.15, -0.1) is 0 Å². The second-order valence-corrected chi connectivity index (χ2v) is 8.94. The Kier molecular flexibility index (Phi) is 7.98. The van der Waals surface area contributed by atoms with Gasteiger partial charge in [-0.05, 0) is 36.4 Å². The van der Waals surface area contributed by atoms with Gasteiger partial charge in [-0.25, -0.2) is 13.2 Å². The van der Waals surface area contributed by atoms with Crippen LogP contribution in [0, 0.1) is 0 Å². The number of methoxy groups -OCH3 is 1. The molecule has 1 fully saturated rings. The van der Waals surface area contributed by atoms with Crippen LogP contribution in [-0.4, -0.2) is 70.6 Å². The Morgan fingerprint density at radius 2 is 1.79 bits per heavy atom. The number of rotatable bonds is 8. The molecule has 33 heavy (non-hydrogen) atoms. The summed E-state index contributed by atoms with van der Waals surface area (Å²) in [5.41, 5.74) is 0.903. The molecule has 1 saturated heterocycles. The van der Waals surface area contributed by atoms with Crippen LogP contribution in [0.25, 0.3) is 0 Å². The number of amides is 3. The molecule has 11 nitrogen and oxygen atoms in total. The number of hydrogen-bond acceptors (Lipinski definition) is 7. The molecule has 176 valence electrons. The van der Waals surface area contributed by atoms with Gasteiger partial charge < -0.3 is 20.1 Å². The molecule has 0 spiro atoms. The van der Waals surface area contributed by atoms with Gasteiger partial charge in [0.2, 0.25) is 15.9 Å². The smallest absolute Gasteiger partial charge is 0.411 e. The average Bonchev–Trinajstić information content (AvgIpc) is 2.79. The van der Waals surface area contributed by atoms with Crippen LogP contribution in [0.4, 0.5) is 16.2 Å². The molecule has 1 aliphatic rings. The summed E-state index contributed by atoms with van der Waals surface area (Å²) in [5.74, 6) is -0.918. The third-order valence-electron chi connectivity index (χ3n) is 4.62. The number of carbonyl (C=O) groups excluding carboxylic acids is 3. The maximum Gasteiger partial charge on any atom is 0.411 e. The highest BCUT2D eigenvalue weighted by atomic mass is 32.2. The Balaban J connectivity index is 1.69. The molecule has 0 radical (unpaired) electrons. The van der Waals surface area contributed by atoms with Crippen molar-refractivity contribution < 1.29 is 32.3 Å². The Hall–Kier alpha value is -3.48. The number of nitrogens with one attached hydrogen (secondary N) is 3. The monoisotopic (exact) mass is 476 g/mol. The minimum absolute atomic E-state index is 0.0842. The second-order valence-electron chi connectivity index (χ2n) is 7.01. The van der Waals surface area contributed by atoms with Gasteiger partial charge in [0.15, 0.2) is 0 Å². The van der Waals surface area contributed by atoms with Gasteiger partial charge in [-0.1, -0.05) is 12.1 Å². The summed E-state index contributed by atoms with van der Waals surface area (Å²) in [6.07, 6.45) is -0.667. The fourth-order valence-corrected chi connectivity index (χ4v) is 4.46. The van der Waals surface area contributed by atoms with Crippen LogP contribution in [0.5, 0.6) is 0 Å². The van der Waals surface area contributed by atoms with Crippen LogP contribution in [0.2, 0.25) is 0 Å². The lowest BCUT2D eigenvalue weighted by Crippen LogP contribution is -2.49. The van der Waals surface area contributed by atoms with E-state index in [4.69, 9.17) is 9.47 Å². The molecule has 0 aromatic heterocycles. The average molecular weight is 477 g/mol. The van der Waals surface area contributed by atoms with Gasteiger partial charge in [0.25, 0.3) is 5.91 Å². The van der Waals surface area contributed by atoms with Crippen molar-refractivity contribution in [2.75, 3.05) is 50.6 Å². The van der Waals surface area contributed by atoms with E-state index in [1.807, 2.05) is 0 Å². The molecule has 3 N–H and O–H groups in total. The lowest BCUT2D eigenvalue weighted by atomic mass is 10.2. The van der Waals surface area contributed by atoms with Gasteiger partial charge in [-0.3, -0.25) is 14.9 Å². The number of benzene rings is 2. The number of ether oxygens (including phenoxy) is 2. The van der Waals surface area contributed by atoms with Crippen LogP contribution in [0.3, 0.4) is 0 Å². The van der Waals surface area contributed by atoms with Crippen molar-refractivity contribution >= 4 is 39.3 Å². The third-order valence-corrected chi connectivity index (χ3v) is 6.47. The molecular weight excluding hydrogens is 452 g/mol. The van der Waals surface area contributed by atoms with E-state index >= 15 is 0 Å². The van der Waals surface area contributed by atoms with E-state index in [1.54, 1.807) is 18.2 Å². The molecule has 0 aliphatic carbocycles. The fourth-order valence-electron chi connectivity index (χ4n) is 3.02. The van der Waals surface area contributed by atoms with Crippen LogP contribution in [0.1, 0.15) is 10.4 Å². The second kappa shape index (κ2) is 10.9. The summed E-state index contributed by atoms with van der Waals surface area (Å²) in [7, 11) is -2.44. The normalized spacial score (nSPS) is 14.3. The standard InChI is InChI=1S/C21H24N4O7S/c1-31-10-11-32-21(28)24-17-6-3-5-16(13-17)23-20(27)15-4-2-7-18(12-15)33(29,30)25-9-8-22-19(26)14-25/h2-7,12-13H,8-11,14H2,1H3,(H,22,26)(H,23,27)(H,24,28). The molecule has 0 unspecified atom stereocenters. The Morgan fingerprint density at radius 1 is 1.06 bits per heavy atom. The quantitative estimate of drug-likeness (QED) is 0.487. The summed E-state index contributed by atoms with van der Waals surface area (Å²) in [6.45, 7) is 0.469. The maximum atomic E-state index is 12.9. The van der Waals surface area contributed by atoms with Crippen molar-refractivity contribution in [3.8, 4) is 0 Å². The number of carbonyl (C=O) groups is 3. The molecule has 0 bridgehead atoms. The van der Waals surface area contributed by atoms with Crippen molar-refractivity contribution in [2.24, 2.45) is 0 Å². The highest BCUT2D eigenvalue weighted by molar-refractivity contribution is 7.89. The first-order chi connectivity index (χ1) is 15.8. The van der Waals surface area contributed by atoms with Crippen molar-refractivity contribution in [2.45, 2.75) is 4.90 Å². The highest BCUT2D eigenvalue weighted by Crippen LogP contribution is 2.20. The van der Waals surface area contributed by atoms with Gasteiger partial charge in [-0.2, -0.15) is 4.31 Å². The predicted molar refractivity (Wildman–Crippen MR) is 119 cm³/mol. The largest absolute Gasteiger partial charge is 0.447 e. The molecule has 2 aromatic rings. The van der Waals surface area contributed by atoms with Gasteiger partial charge >= 0.3 is 6.09 Å². The molecule has 0 saturated carbocycles. The summed E-state index contributed by atoms with van der Waals surface area (Å²) in [4.78, 5) is 36.0. The SMILES string of the molecule is COCCOC(=O)Nc1cccc(NC(=O)c2cccc(S(=O)(=O)N3CCNC(=O)C3)c2)c1.